The highest BCUT2D eigenvalue weighted by Crippen LogP contribution is 2.43. The third kappa shape index (κ3) is 2.77. The van der Waals surface area contributed by atoms with E-state index in [0.29, 0.717) is 12.0 Å². The van der Waals surface area contributed by atoms with Crippen LogP contribution in [0.3, 0.4) is 0 Å². The predicted octanol–water partition coefficient (Wildman–Crippen LogP) is 4.12. The quantitative estimate of drug-likeness (QED) is 0.895. The van der Waals surface area contributed by atoms with Gasteiger partial charge in [0.2, 0.25) is 0 Å². The largest absolute Gasteiger partial charge is 0.385 e. The van der Waals surface area contributed by atoms with Crippen LogP contribution in [0.5, 0.6) is 0 Å². The Bertz CT molecular complexity index is 450. The zero-order valence-electron chi connectivity index (χ0n) is 12.5. The number of aliphatic hydroxyl groups is 1. The Morgan fingerprint density at radius 1 is 1.30 bits per heavy atom. The van der Waals surface area contributed by atoms with Gasteiger partial charge in [0.15, 0.2) is 0 Å². The van der Waals surface area contributed by atoms with E-state index in [1.807, 2.05) is 0 Å². The van der Waals surface area contributed by atoms with Crippen molar-refractivity contribution in [1.82, 2.24) is 0 Å². The number of rotatable bonds is 4. The molecule has 0 amide bonds. The van der Waals surface area contributed by atoms with Crippen molar-refractivity contribution in [3.63, 3.8) is 0 Å². The molecule has 3 unspecified atom stereocenters. The van der Waals surface area contributed by atoms with Gasteiger partial charge < -0.3 is 9.84 Å². The SMILES string of the molecule is CC1CCC(O)(CCCC2CCCO2)c2ccccc21. The van der Waals surface area contributed by atoms with Crippen LogP contribution in [0.4, 0.5) is 0 Å². The lowest BCUT2D eigenvalue weighted by molar-refractivity contribution is 0.000591. The molecular weight excluding hydrogens is 248 g/mol. The van der Waals surface area contributed by atoms with Crippen LogP contribution in [0.1, 0.15) is 68.9 Å². The van der Waals surface area contributed by atoms with Crippen molar-refractivity contribution in [2.24, 2.45) is 0 Å². The highest BCUT2D eigenvalue weighted by Gasteiger charge is 2.36. The molecule has 1 aromatic rings. The number of hydrogen-bond donors (Lipinski definition) is 1. The fourth-order valence-electron chi connectivity index (χ4n) is 3.85. The van der Waals surface area contributed by atoms with Gasteiger partial charge in [0.1, 0.15) is 0 Å². The first-order valence-corrected chi connectivity index (χ1v) is 8.12. The molecule has 0 spiro atoms. The number of hydrogen-bond acceptors (Lipinski definition) is 2. The van der Waals surface area contributed by atoms with Gasteiger partial charge in [-0.25, -0.2) is 0 Å². The second kappa shape index (κ2) is 5.87. The molecule has 20 heavy (non-hydrogen) atoms. The molecule has 0 aromatic heterocycles. The van der Waals surface area contributed by atoms with Gasteiger partial charge in [0, 0.05) is 6.61 Å². The molecule has 1 aliphatic heterocycles. The molecule has 3 rings (SSSR count). The summed E-state index contributed by atoms with van der Waals surface area (Å²) in [4.78, 5) is 0. The van der Waals surface area contributed by atoms with E-state index in [1.165, 1.54) is 24.0 Å². The normalized spacial score (nSPS) is 33.1. The maximum atomic E-state index is 11.1. The maximum absolute atomic E-state index is 11.1. The smallest absolute Gasteiger partial charge is 0.0899 e. The molecule has 1 saturated heterocycles. The average molecular weight is 274 g/mol. The second-order valence-corrected chi connectivity index (χ2v) is 6.59. The van der Waals surface area contributed by atoms with Crippen molar-refractivity contribution in [3.05, 3.63) is 35.4 Å². The Morgan fingerprint density at radius 3 is 2.95 bits per heavy atom. The minimum Gasteiger partial charge on any atom is -0.385 e. The van der Waals surface area contributed by atoms with Crippen molar-refractivity contribution in [1.29, 1.82) is 0 Å². The van der Waals surface area contributed by atoms with Crippen LogP contribution in [0.25, 0.3) is 0 Å². The fourth-order valence-corrected chi connectivity index (χ4v) is 3.85. The maximum Gasteiger partial charge on any atom is 0.0899 e. The second-order valence-electron chi connectivity index (χ2n) is 6.59. The molecule has 0 radical (unpaired) electrons. The van der Waals surface area contributed by atoms with Crippen molar-refractivity contribution < 1.29 is 9.84 Å². The standard InChI is InChI=1S/C18H26O2/c1-14-10-12-18(19,17-9-3-2-8-16(14)17)11-4-6-15-7-5-13-20-15/h2-3,8-9,14-15,19H,4-7,10-13H2,1H3. The Balaban J connectivity index is 1.67. The van der Waals surface area contributed by atoms with Gasteiger partial charge in [-0.15, -0.1) is 0 Å². The first-order chi connectivity index (χ1) is 9.69. The van der Waals surface area contributed by atoms with Crippen LogP contribution < -0.4 is 0 Å². The van der Waals surface area contributed by atoms with E-state index in [2.05, 4.69) is 31.2 Å². The van der Waals surface area contributed by atoms with Crippen LogP contribution in [-0.4, -0.2) is 17.8 Å². The Morgan fingerprint density at radius 2 is 2.15 bits per heavy atom. The summed E-state index contributed by atoms with van der Waals surface area (Å²) in [7, 11) is 0. The summed E-state index contributed by atoms with van der Waals surface area (Å²) in [5.41, 5.74) is 1.91. The van der Waals surface area contributed by atoms with E-state index >= 15 is 0 Å². The number of benzene rings is 1. The third-order valence-corrected chi connectivity index (χ3v) is 5.12. The van der Waals surface area contributed by atoms with Crippen molar-refractivity contribution in [2.75, 3.05) is 6.61 Å². The molecule has 2 heteroatoms. The van der Waals surface area contributed by atoms with E-state index in [4.69, 9.17) is 4.74 Å². The minimum atomic E-state index is -0.609. The Labute approximate surface area is 122 Å². The van der Waals surface area contributed by atoms with Gasteiger partial charge in [-0.1, -0.05) is 31.2 Å². The molecule has 1 fully saturated rings. The highest BCUT2D eigenvalue weighted by molar-refractivity contribution is 5.37. The molecule has 0 saturated carbocycles. The third-order valence-electron chi connectivity index (χ3n) is 5.12. The molecule has 1 N–H and O–H groups in total. The zero-order chi connectivity index (χ0) is 14.0. The van der Waals surface area contributed by atoms with Crippen molar-refractivity contribution in [3.8, 4) is 0 Å². The summed E-state index contributed by atoms with van der Waals surface area (Å²) in [6.07, 6.45) is 7.86. The molecule has 1 aliphatic carbocycles. The molecular formula is C18H26O2. The number of fused-ring (bicyclic) bond motifs is 1. The lowest BCUT2D eigenvalue weighted by atomic mass is 9.72. The summed E-state index contributed by atoms with van der Waals surface area (Å²) in [5, 5.41) is 11.1. The molecule has 2 nitrogen and oxygen atoms in total. The molecule has 3 atom stereocenters. The minimum absolute atomic E-state index is 0.441. The zero-order valence-corrected chi connectivity index (χ0v) is 12.5. The van der Waals surface area contributed by atoms with Gasteiger partial charge in [-0.05, 0) is 62.0 Å². The van der Waals surface area contributed by atoms with Gasteiger partial charge in [-0.2, -0.15) is 0 Å². The lowest BCUT2D eigenvalue weighted by Crippen LogP contribution is -2.32. The average Bonchev–Trinajstić information content (AvgIpc) is 2.97. The molecule has 0 bridgehead atoms. The summed E-state index contributed by atoms with van der Waals surface area (Å²) in [5.74, 6) is 0.574. The van der Waals surface area contributed by atoms with Gasteiger partial charge in [0.25, 0.3) is 0 Å². The van der Waals surface area contributed by atoms with Gasteiger partial charge in [0.05, 0.1) is 11.7 Å². The van der Waals surface area contributed by atoms with Gasteiger partial charge >= 0.3 is 0 Å². The van der Waals surface area contributed by atoms with E-state index in [1.54, 1.807) is 0 Å². The van der Waals surface area contributed by atoms with Crippen LogP contribution in [0.15, 0.2) is 24.3 Å². The lowest BCUT2D eigenvalue weighted by Gasteiger charge is -2.37. The van der Waals surface area contributed by atoms with Crippen molar-refractivity contribution in [2.45, 2.75) is 69.5 Å². The van der Waals surface area contributed by atoms with Crippen LogP contribution in [0, 0.1) is 0 Å². The summed E-state index contributed by atoms with van der Waals surface area (Å²) in [6, 6.07) is 8.45. The Hall–Kier alpha value is -0.860. The highest BCUT2D eigenvalue weighted by atomic mass is 16.5. The fraction of sp³-hybridized carbons (Fsp3) is 0.667. The molecule has 1 heterocycles. The number of ether oxygens (including phenoxy) is 1. The summed E-state index contributed by atoms with van der Waals surface area (Å²) < 4.78 is 5.68. The van der Waals surface area contributed by atoms with Crippen LogP contribution in [-0.2, 0) is 10.3 Å². The predicted molar refractivity (Wildman–Crippen MR) is 80.8 cm³/mol. The van der Waals surface area contributed by atoms with E-state index in [9.17, 15) is 5.11 Å². The Kier molecular flexibility index (Phi) is 4.13. The summed E-state index contributed by atoms with van der Waals surface area (Å²) >= 11 is 0. The van der Waals surface area contributed by atoms with Crippen LogP contribution >= 0.6 is 0 Å². The first-order valence-electron chi connectivity index (χ1n) is 8.12. The van der Waals surface area contributed by atoms with E-state index < -0.39 is 5.60 Å². The van der Waals surface area contributed by atoms with Gasteiger partial charge in [-0.3, -0.25) is 0 Å². The molecule has 110 valence electrons. The first kappa shape index (κ1) is 14.1. The topological polar surface area (TPSA) is 29.5 Å². The monoisotopic (exact) mass is 274 g/mol. The van der Waals surface area contributed by atoms with E-state index in [0.717, 1.165) is 38.7 Å². The summed E-state index contributed by atoms with van der Waals surface area (Å²) in [6.45, 7) is 3.19. The molecule has 2 aliphatic rings. The molecule has 1 aromatic carbocycles. The van der Waals surface area contributed by atoms with Crippen molar-refractivity contribution >= 4 is 0 Å². The van der Waals surface area contributed by atoms with E-state index in [-0.39, 0.29) is 0 Å². The van der Waals surface area contributed by atoms with Crippen LogP contribution in [0.2, 0.25) is 0 Å².